The predicted octanol–water partition coefficient (Wildman–Crippen LogP) is 3.59. The number of pyridine rings is 1. The number of hydrogen-bond donors (Lipinski definition) is 1. The van der Waals surface area contributed by atoms with Crippen LogP contribution in [-0.4, -0.2) is 16.3 Å². The van der Waals surface area contributed by atoms with Crippen LogP contribution >= 0.6 is 0 Å². The summed E-state index contributed by atoms with van der Waals surface area (Å²) < 4.78 is 63.4. The lowest BCUT2D eigenvalue weighted by molar-refractivity contribution is -0.290. The Hall–Kier alpha value is -1.92. The first kappa shape index (κ1) is 12.5. The SMILES string of the molecule is Oc1cnc(C(F)(F)C(F)(F)F)c2ccccc12. The maximum atomic E-state index is 13.3. The Labute approximate surface area is 97.7 Å². The molecule has 2 rings (SSSR count). The fourth-order valence-corrected chi connectivity index (χ4v) is 1.56. The Morgan fingerprint density at radius 1 is 0.944 bits per heavy atom. The molecule has 0 atom stereocenters. The summed E-state index contributed by atoms with van der Waals surface area (Å²) in [6, 6.07) is 5.00. The van der Waals surface area contributed by atoms with Crippen molar-refractivity contribution in [3.63, 3.8) is 0 Å². The minimum Gasteiger partial charge on any atom is -0.506 e. The van der Waals surface area contributed by atoms with Crippen LogP contribution in [0, 0.1) is 0 Å². The molecular formula is C11H6F5NO. The van der Waals surface area contributed by atoms with E-state index in [0.29, 0.717) is 6.20 Å². The number of nitrogens with zero attached hydrogens (tertiary/aromatic N) is 1. The van der Waals surface area contributed by atoms with Crippen LogP contribution in [0.25, 0.3) is 10.8 Å². The molecule has 1 N–H and O–H groups in total. The van der Waals surface area contributed by atoms with Crippen molar-refractivity contribution in [1.29, 1.82) is 0 Å². The lowest BCUT2D eigenvalue weighted by Crippen LogP contribution is -2.34. The summed E-state index contributed by atoms with van der Waals surface area (Å²) in [6.07, 6.45) is -5.16. The van der Waals surface area contributed by atoms with Gasteiger partial charge in [0.2, 0.25) is 0 Å². The van der Waals surface area contributed by atoms with Crippen molar-refractivity contribution < 1.29 is 27.1 Å². The van der Waals surface area contributed by atoms with Crippen LogP contribution < -0.4 is 0 Å². The van der Waals surface area contributed by atoms with Crippen molar-refractivity contribution in [3.8, 4) is 5.75 Å². The van der Waals surface area contributed by atoms with Gasteiger partial charge in [-0.05, 0) is 0 Å². The van der Waals surface area contributed by atoms with Gasteiger partial charge < -0.3 is 5.11 Å². The molecular weight excluding hydrogens is 257 g/mol. The highest BCUT2D eigenvalue weighted by Crippen LogP contribution is 2.45. The number of benzene rings is 1. The van der Waals surface area contributed by atoms with Gasteiger partial charge in [-0.15, -0.1) is 0 Å². The molecule has 2 aromatic rings. The largest absolute Gasteiger partial charge is 0.506 e. The first-order valence-electron chi connectivity index (χ1n) is 4.77. The highest BCUT2D eigenvalue weighted by atomic mass is 19.4. The average molecular weight is 263 g/mol. The summed E-state index contributed by atoms with van der Waals surface area (Å²) in [5.74, 6) is -5.52. The van der Waals surface area contributed by atoms with E-state index in [1.54, 1.807) is 0 Å². The third kappa shape index (κ3) is 1.75. The van der Waals surface area contributed by atoms with Gasteiger partial charge in [0.1, 0.15) is 11.4 Å². The number of hydrogen-bond acceptors (Lipinski definition) is 2. The molecule has 2 nitrogen and oxygen atoms in total. The molecule has 7 heteroatoms. The van der Waals surface area contributed by atoms with Crippen LogP contribution in [0.2, 0.25) is 0 Å². The normalized spacial score (nSPS) is 12.9. The predicted molar refractivity (Wildman–Crippen MR) is 53.4 cm³/mol. The van der Waals surface area contributed by atoms with Gasteiger partial charge >= 0.3 is 12.1 Å². The summed E-state index contributed by atoms with van der Waals surface area (Å²) in [6.45, 7) is 0. The molecule has 0 aliphatic heterocycles. The molecule has 0 saturated carbocycles. The highest BCUT2D eigenvalue weighted by Gasteiger charge is 2.60. The zero-order valence-corrected chi connectivity index (χ0v) is 8.67. The second-order valence-electron chi connectivity index (χ2n) is 3.61. The Bertz CT molecular complexity index is 593. The van der Waals surface area contributed by atoms with Gasteiger partial charge in [0.25, 0.3) is 0 Å². The van der Waals surface area contributed by atoms with Crippen molar-refractivity contribution in [3.05, 3.63) is 36.2 Å². The molecule has 0 radical (unpaired) electrons. The second kappa shape index (κ2) is 3.79. The molecule has 18 heavy (non-hydrogen) atoms. The summed E-state index contributed by atoms with van der Waals surface area (Å²) in [4.78, 5) is 3.02. The maximum Gasteiger partial charge on any atom is 0.459 e. The van der Waals surface area contributed by atoms with Crippen LogP contribution in [0.3, 0.4) is 0 Å². The molecule has 0 unspecified atom stereocenters. The monoisotopic (exact) mass is 263 g/mol. The smallest absolute Gasteiger partial charge is 0.459 e. The fourth-order valence-electron chi connectivity index (χ4n) is 1.56. The number of fused-ring (bicyclic) bond motifs is 1. The second-order valence-corrected chi connectivity index (χ2v) is 3.61. The van der Waals surface area contributed by atoms with E-state index in [2.05, 4.69) is 4.98 Å². The molecule has 1 aromatic heterocycles. The third-order valence-electron chi connectivity index (χ3n) is 2.43. The van der Waals surface area contributed by atoms with Gasteiger partial charge in [0.05, 0.1) is 6.20 Å². The van der Waals surface area contributed by atoms with Gasteiger partial charge in [-0.1, -0.05) is 24.3 Å². The zero-order valence-electron chi connectivity index (χ0n) is 8.67. The standard InChI is InChI=1S/C11H6F5NO/c12-10(13,11(14,15)16)9-7-4-2-1-3-6(7)8(18)5-17-9/h1-5,18H. The molecule has 0 bridgehead atoms. The number of rotatable bonds is 1. The summed E-state index contributed by atoms with van der Waals surface area (Å²) in [5, 5.41) is 8.84. The van der Waals surface area contributed by atoms with Gasteiger partial charge in [0, 0.05) is 10.8 Å². The van der Waals surface area contributed by atoms with E-state index in [9.17, 15) is 27.1 Å². The van der Waals surface area contributed by atoms with Gasteiger partial charge in [-0.2, -0.15) is 22.0 Å². The first-order chi connectivity index (χ1) is 8.25. The number of alkyl halides is 5. The van der Waals surface area contributed by atoms with Crippen molar-refractivity contribution >= 4 is 10.8 Å². The minimum atomic E-state index is -5.74. The first-order valence-corrected chi connectivity index (χ1v) is 4.77. The number of aromatic nitrogens is 1. The van der Waals surface area contributed by atoms with E-state index in [1.807, 2.05) is 0 Å². The van der Waals surface area contributed by atoms with E-state index in [-0.39, 0.29) is 5.39 Å². The van der Waals surface area contributed by atoms with E-state index in [0.717, 1.165) is 6.07 Å². The molecule has 96 valence electrons. The van der Waals surface area contributed by atoms with Crippen LogP contribution in [0.1, 0.15) is 5.69 Å². The van der Waals surface area contributed by atoms with Crippen LogP contribution in [0.5, 0.6) is 5.75 Å². The van der Waals surface area contributed by atoms with Gasteiger partial charge in [-0.25, -0.2) is 0 Å². The molecule has 1 heterocycles. The van der Waals surface area contributed by atoms with E-state index < -0.39 is 28.9 Å². The lowest BCUT2D eigenvalue weighted by Gasteiger charge is -2.20. The molecule has 0 amide bonds. The van der Waals surface area contributed by atoms with Crippen molar-refractivity contribution in [2.24, 2.45) is 0 Å². The van der Waals surface area contributed by atoms with Crippen molar-refractivity contribution in [1.82, 2.24) is 4.98 Å². The highest BCUT2D eigenvalue weighted by molar-refractivity contribution is 5.89. The topological polar surface area (TPSA) is 33.1 Å². The van der Waals surface area contributed by atoms with Crippen LogP contribution in [-0.2, 0) is 5.92 Å². The molecule has 0 aliphatic rings. The Morgan fingerprint density at radius 2 is 1.50 bits per heavy atom. The Kier molecular flexibility index (Phi) is 2.64. The summed E-state index contributed by atoms with van der Waals surface area (Å²) >= 11 is 0. The van der Waals surface area contributed by atoms with Gasteiger partial charge in [-0.3, -0.25) is 4.98 Å². The minimum absolute atomic E-state index is 0.105. The Morgan fingerprint density at radius 3 is 2.06 bits per heavy atom. The van der Waals surface area contributed by atoms with E-state index in [1.165, 1.54) is 18.2 Å². The molecule has 0 saturated heterocycles. The molecule has 0 fully saturated rings. The van der Waals surface area contributed by atoms with E-state index >= 15 is 0 Å². The average Bonchev–Trinajstić information content (AvgIpc) is 2.28. The quantitative estimate of drug-likeness (QED) is 0.797. The summed E-state index contributed by atoms with van der Waals surface area (Å²) in [7, 11) is 0. The third-order valence-corrected chi connectivity index (χ3v) is 2.43. The van der Waals surface area contributed by atoms with Crippen LogP contribution in [0.15, 0.2) is 30.5 Å². The molecule has 0 spiro atoms. The lowest BCUT2D eigenvalue weighted by atomic mass is 10.0. The number of halogens is 5. The van der Waals surface area contributed by atoms with Gasteiger partial charge in [0.15, 0.2) is 0 Å². The maximum absolute atomic E-state index is 13.3. The van der Waals surface area contributed by atoms with Crippen molar-refractivity contribution in [2.75, 3.05) is 0 Å². The van der Waals surface area contributed by atoms with Crippen LogP contribution in [0.4, 0.5) is 22.0 Å². The fraction of sp³-hybridized carbons (Fsp3) is 0.182. The molecule has 0 aliphatic carbocycles. The molecule has 1 aromatic carbocycles. The Balaban J connectivity index is 2.78. The van der Waals surface area contributed by atoms with Crippen molar-refractivity contribution in [2.45, 2.75) is 12.1 Å². The summed E-state index contributed by atoms with van der Waals surface area (Å²) in [5.41, 5.74) is -1.41. The zero-order chi connectivity index (χ0) is 13.6. The van der Waals surface area contributed by atoms with E-state index in [4.69, 9.17) is 0 Å². The number of aromatic hydroxyl groups is 1.